The third-order valence-corrected chi connectivity index (χ3v) is 2.26. The number of nitrogens with two attached hydrogens (primary N) is 1. The highest BCUT2D eigenvalue weighted by molar-refractivity contribution is 5.90. The SMILES string of the molecule is CC(C)(C)CCOCc1ccc(C(=O)NN)o1. The van der Waals surface area contributed by atoms with Crippen LogP contribution in [0.2, 0.25) is 0 Å². The van der Waals surface area contributed by atoms with E-state index in [1.807, 2.05) is 5.43 Å². The van der Waals surface area contributed by atoms with Crippen LogP contribution in [0.5, 0.6) is 0 Å². The van der Waals surface area contributed by atoms with E-state index in [0.29, 0.717) is 19.0 Å². The summed E-state index contributed by atoms with van der Waals surface area (Å²) >= 11 is 0. The summed E-state index contributed by atoms with van der Waals surface area (Å²) in [6.45, 7) is 7.52. The predicted molar refractivity (Wildman–Crippen MR) is 64.1 cm³/mol. The van der Waals surface area contributed by atoms with Crippen LogP contribution in [0.15, 0.2) is 16.5 Å². The van der Waals surface area contributed by atoms with Gasteiger partial charge in [0.15, 0.2) is 5.76 Å². The second-order valence-corrected chi connectivity index (χ2v) is 5.10. The van der Waals surface area contributed by atoms with Gasteiger partial charge < -0.3 is 9.15 Å². The van der Waals surface area contributed by atoms with Crippen molar-refractivity contribution in [3.63, 3.8) is 0 Å². The summed E-state index contributed by atoms with van der Waals surface area (Å²) in [5.41, 5.74) is 2.27. The van der Waals surface area contributed by atoms with Gasteiger partial charge >= 0.3 is 5.91 Å². The molecule has 0 aliphatic heterocycles. The Hall–Kier alpha value is -1.33. The average Bonchev–Trinajstić information content (AvgIpc) is 2.70. The molecule has 5 nitrogen and oxygen atoms in total. The van der Waals surface area contributed by atoms with Gasteiger partial charge in [-0.1, -0.05) is 20.8 Å². The molecule has 17 heavy (non-hydrogen) atoms. The highest BCUT2D eigenvalue weighted by Crippen LogP contribution is 2.18. The van der Waals surface area contributed by atoms with Gasteiger partial charge in [-0.2, -0.15) is 0 Å². The highest BCUT2D eigenvalue weighted by atomic mass is 16.5. The van der Waals surface area contributed by atoms with Gasteiger partial charge in [-0.15, -0.1) is 0 Å². The van der Waals surface area contributed by atoms with Crippen LogP contribution in [0.1, 0.15) is 43.5 Å². The molecule has 1 amide bonds. The van der Waals surface area contributed by atoms with Crippen molar-refractivity contribution < 1.29 is 13.9 Å². The van der Waals surface area contributed by atoms with Crippen LogP contribution in [-0.2, 0) is 11.3 Å². The first-order valence-electron chi connectivity index (χ1n) is 5.60. The average molecular weight is 240 g/mol. The van der Waals surface area contributed by atoms with Gasteiger partial charge in [0.1, 0.15) is 12.4 Å². The number of amides is 1. The fourth-order valence-corrected chi connectivity index (χ4v) is 1.20. The van der Waals surface area contributed by atoms with E-state index in [1.165, 1.54) is 0 Å². The molecule has 0 radical (unpaired) electrons. The van der Waals surface area contributed by atoms with E-state index in [1.54, 1.807) is 12.1 Å². The van der Waals surface area contributed by atoms with Crippen molar-refractivity contribution in [1.82, 2.24) is 5.43 Å². The molecule has 0 bridgehead atoms. The molecule has 0 saturated carbocycles. The molecule has 5 heteroatoms. The second kappa shape index (κ2) is 5.84. The maximum Gasteiger partial charge on any atom is 0.300 e. The fraction of sp³-hybridized carbons (Fsp3) is 0.583. The number of carbonyl (C=O) groups excluding carboxylic acids is 1. The van der Waals surface area contributed by atoms with Crippen LogP contribution in [0.3, 0.4) is 0 Å². The molecule has 1 rings (SSSR count). The summed E-state index contributed by atoms with van der Waals surface area (Å²) in [5.74, 6) is 5.37. The second-order valence-electron chi connectivity index (χ2n) is 5.10. The van der Waals surface area contributed by atoms with Gasteiger partial charge in [-0.25, -0.2) is 5.84 Å². The number of hydrogen-bond donors (Lipinski definition) is 2. The molecule has 1 heterocycles. The quantitative estimate of drug-likeness (QED) is 0.356. The molecule has 0 aromatic carbocycles. The standard InChI is InChI=1S/C12H20N2O3/c1-12(2,3)6-7-16-8-9-4-5-10(17-9)11(15)14-13/h4-5H,6-8,13H2,1-3H3,(H,14,15). The first kappa shape index (κ1) is 13.7. The Kier molecular flexibility index (Phi) is 4.72. The zero-order chi connectivity index (χ0) is 12.9. The molecule has 96 valence electrons. The fourth-order valence-electron chi connectivity index (χ4n) is 1.20. The third kappa shape index (κ3) is 5.01. The molecular weight excluding hydrogens is 220 g/mol. The number of nitrogen functional groups attached to an aromatic ring is 1. The normalized spacial score (nSPS) is 11.5. The lowest BCUT2D eigenvalue weighted by atomic mass is 9.93. The van der Waals surface area contributed by atoms with Crippen molar-refractivity contribution in [1.29, 1.82) is 0 Å². The summed E-state index contributed by atoms with van der Waals surface area (Å²) in [6, 6.07) is 3.28. The molecular formula is C12H20N2O3. The van der Waals surface area contributed by atoms with Crippen molar-refractivity contribution in [2.24, 2.45) is 11.3 Å². The number of ether oxygens (including phenoxy) is 1. The van der Waals surface area contributed by atoms with E-state index in [-0.39, 0.29) is 11.2 Å². The molecule has 0 atom stereocenters. The van der Waals surface area contributed by atoms with Gasteiger partial charge in [-0.3, -0.25) is 10.2 Å². The minimum atomic E-state index is -0.439. The summed E-state index contributed by atoms with van der Waals surface area (Å²) in [6.07, 6.45) is 0.976. The monoisotopic (exact) mass is 240 g/mol. The van der Waals surface area contributed by atoms with E-state index in [4.69, 9.17) is 15.0 Å². The van der Waals surface area contributed by atoms with Gasteiger partial charge in [0.25, 0.3) is 0 Å². The zero-order valence-corrected chi connectivity index (χ0v) is 10.6. The molecule has 1 aromatic heterocycles. The van der Waals surface area contributed by atoms with Crippen molar-refractivity contribution in [3.8, 4) is 0 Å². The van der Waals surface area contributed by atoms with Gasteiger partial charge in [-0.05, 0) is 24.0 Å². The minimum absolute atomic E-state index is 0.196. The lowest BCUT2D eigenvalue weighted by Crippen LogP contribution is -2.29. The van der Waals surface area contributed by atoms with Crippen LogP contribution < -0.4 is 11.3 Å². The van der Waals surface area contributed by atoms with Crippen molar-refractivity contribution in [2.75, 3.05) is 6.61 Å². The smallest absolute Gasteiger partial charge is 0.300 e. The molecule has 0 aliphatic rings. The lowest BCUT2D eigenvalue weighted by molar-refractivity contribution is 0.0808. The van der Waals surface area contributed by atoms with Gasteiger partial charge in [0.2, 0.25) is 0 Å². The lowest BCUT2D eigenvalue weighted by Gasteiger charge is -2.17. The number of furan rings is 1. The molecule has 1 aromatic rings. The predicted octanol–water partition coefficient (Wildman–Crippen LogP) is 1.84. The van der Waals surface area contributed by atoms with Crippen LogP contribution in [0.4, 0.5) is 0 Å². The summed E-state index contributed by atoms with van der Waals surface area (Å²) < 4.78 is 10.7. The number of carbonyl (C=O) groups is 1. The topological polar surface area (TPSA) is 77.5 Å². The zero-order valence-electron chi connectivity index (χ0n) is 10.6. The molecule has 0 unspecified atom stereocenters. The van der Waals surface area contributed by atoms with E-state index in [2.05, 4.69) is 20.8 Å². The number of hydrazine groups is 1. The summed E-state index contributed by atoms with van der Waals surface area (Å²) in [4.78, 5) is 11.1. The first-order chi connectivity index (χ1) is 7.92. The largest absolute Gasteiger partial charge is 0.453 e. The first-order valence-corrected chi connectivity index (χ1v) is 5.60. The molecule has 0 spiro atoms. The Balaban J connectivity index is 2.33. The number of nitrogens with one attached hydrogen (secondary N) is 1. The molecule has 0 fully saturated rings. The minimum Gasteiger partial charge on any atom is -0.453 e. The van der Waals surface area contributed by atoms with Crippen molar-refractivity contribution in [3.05, 3.63) is 23.7 Å². The third-order valence-electron chi connectivity index (χ3n) is 2.26. The number of hydrogen-bond acceptors (Lipinski definition) is 4. The maximum absolute atomic E-state index is 11.1. The Morgan fingerprint density at radius 1 is 1.47 bits per heavy atom. The van der Waals surface area contributed by atoms with Crippen molar-refractivity contribution in [2.45, 2.75) is 33.8 Å². The molecule has 0 aliphatic carbocycles. The Morgan fingerprint density at radius 2 is 2.18 bits per heavy atom. The van der Waals surface area contributed by atoms with E-state index >= 15 is 0 Å². The Bertz CT molecular complexity index is 366. The van der Waals surface area contributed by atoms with E-state index in [9.17, 15) is 4.79 Å². The maximum atomic E-state index is 11.1. The van der Waals surface area contributed by atoms with Crippen LogP contribution in [-0.4, -0.2) is 12.5 Å². The van der Waals surface area contributed by atoms with Crippen molar-refractivity contribution >= 4 is 5.91 Å². The summed E-state index contributed by atoms with van der Waals surface area (Å²) in [7, 11) is 0. The highest BCUT2D eigenvalue weighted by Gasteiger charge is 2.11. The molecule has 3 N–H and O–H groups in total. The number of rotatable bonds is 5. The Labute approximate surface area is 101 Å². The van der Waals surface area contributed by atoms with E-state index < -0.39 is 5.91 Å². The van der Waals surface area contributed by atoms with Crippen LogP contribution >= 0.6 is 0 Å². The molecule has 0 saturated heterocycles. The van der Waals surface area contributed by atoms with Crippen LogP contribution in [0.25, 0.3) is 0 Å². The van der Waals surface area contributed by atoms with Gasteiger partial charge in [0.05, 0.1) is 0 Å². The van der Waals surface area contributed by atoms with E-state index in [0.717, 1.165) is 6.42 Å². The van der Waals surface area contributed by atoms with Crippen LogP contribution in [0, 0.1) is 5.41 Å². The summed E-state index contributed by atoms with van der Waals surface area (Å²) in [5, 5.41) is 0. The van der Waals surface area contributed by atoms with Gasteiger partial charge in [0, 0.05) is 6.61 Å². The Morgan fingerprint density at radius 3 is 2.76 bits per heavy atom.